The summed E-state index contributed by atoms with van der Waals surface area (Å²) in [5.41, 5.74) is 1.54. The van der Waals surface area contributed by atoms with Gasteiger partial charge in [-0.2, -0.15) is 9.61 Å². The quantitative estimate of drug-likeness (QED) is 0.878. The van der Waals surface area contributed by atoms with Gasteiger partial charge < -0.3 is 9.84 Å². The highest BCUT2D eigenvalue weighted by molar-refractivity contribution is 5.88. The molecule has 0 amide bonds. The first-order valence-electron chi connectivity index (χ1n) is 8.39. The first kappa shape index (κ1) is 14.5. The largest absolute Gasteiger partial charge is 0.493 e. The molecule has 0 aromatic carbocycles. The summed E-state index contributed by atoms with van der Waals surface area (Å²) in [6, 6.07) is 3.24. The van der Waals surface area contributed by atoms with Crippen molar-refractivity contribution in [1.29, 1.82) is 0 Å². The Balaban J connectivity index is 1.60. The molecule has 2 heterocycles. The Kier molecular flexibility index (Phi) is 3.47. The second kappa shape index (κ2) is 5.51. The van der Waals surface area contributed by atoms with E-state index >= 15 is 0 Å². The van der Waals surface area contributed by atoms with Crippen LogP contribution in [0.15, 0.2) is 12.1 Å². The van der Waals surface area contributed by atoms with E-state index in [4.69, 9.17) is 4.74 Å². The molecule has 2 aliphatic rings. The summed E-state index contributed by atoms with van der Waals surface area (Å²) in [4.78, 5) is 16.3. The first-order chi connectivity index (χ1) is 11.1. The number of hydrogen-bond acceptors (Lipinski definition) is 5. The Labute approximate surface area is 134 Å². The maximum Gasteiger partial charge on any atom is 0.358 e. The van der Waals surface area contributed by atoms with Crippen molar-refractivity contribution >= 4 is 11.6 Å². The summed E-state index contributed by atoms with van der Waals surface area (Å²) in [5, 5.41) is 14.3. The van der Waals surface area contributed by atoms with Crippen molar-refractivity contribution in [1.82, 2.24) is 14.6 Å². The van der Waals surface area contributed by atoms with E-state index in [0.29, 0.717) is 18.2 Å². The van der Waals surface area contributed by atoms with Gasteiger partial charge in [-0.1, -0.05) is 6.42 Å². The summed E-state index contributed by atoms with van der Waals surface area (Å²) >= 11 is 0. The van der Waals surface area contributed by atoms with E-state index in [1.54, 1.807) is 19.1 Å². The molecule has 6 nitrogen and oxygen atoms in total. The maximum absolute atomic E-state index is 11.8. The van der Waals surface area contributed by atoms with Crippen molar-refractivity contribution in [3.05, 3.63) is 23.5 Å². The summed E-state index contributed by atoms with van der Waals surface area (Å²) in [7, 11) is 0. The minimum absolute atomic E-state index is 0.0173. The van der Waals surface area contributed by atoms with Crippen LogP contribution in [-0.2, 0) is 11.2 Å². The zero-order valence-corrected chi connectivity index (χ0v) is 13.2. The van der Waals surface area contributed by atoms with Crippen LogP contribution in [0.2, 0.25) is 0 Å². The standard InChI is InChI=1S/C17H21N3O3/c1-2-23-17(22)14-9-15-18-13(8-16(21)20(15)19-14)7-12-6-10-3-4-11(12)5-10/h8-12,21H,2-7H2,1H3. The third kappa shape index (κ3) is 2.56. The second-order valence-electron chi connectivity index (χ2n) is 6.76. The molecule has 2 fully saturated rings. The van der Waals surface area contributed by atoms with Crippen molar-refractivity contribution in [2.45, 2.75) is 39.0 Å². The van der Waals surface area contributed by atoms with Crippen LogP contribution < -0.4 is 0 Å². The lowest BCUT2D eigenvalue weighted by molar-refractivity contribution is 0.0519. The van der Waals surface area contributed by atoms with E-state index < -0.39 is 5.97 Å². The highest BCUT2D eigenvalue weighted by atomic mass is 16.5. The summed E-state index contributed by atoms with van der Waals surface area (Å²) in [6.45, 7) is 2.04. The number of nitrogens with zero attached hydrogens (tertiary/aromatic N) is 3. The lowest BCUT2D eigenvalue weighted by Gasteiger charge is -2.21. The number of hydrogen-bond donors (Lipinski definition) is 1. The number of carbonyl (C=O) groups excluding carboxylic acids is 1. The van der Waals surface area contributed by atoms with E-state index in [2.05, 4.69) is 10.1 Å². The van der Waals surface area contributed by atoms with E-state index in [0.717, 1.165) is 24.0 Å². The fourth-order valence-corrected chi connectivity index (χ4v) is 4.31. The highest BCUT2D eigenvalue weighted by Gasteiger charge is 2.39. The molecule has 0 aliphatic heterocycles. The molecule has 2 aliphatic carbocycles. The van der Waals surface area contributed by atoms with Gasteiger partial charge in [0.15, 0.2) is 11.3 Å². The molecule has 122 valence electrons. The smallest absolute Gasteiger partial charge is 0.358 e. The molecule has 2 saturated carbocycles. The minimum atomic E-state index is -0.493. The van der Waals surface area contributed by atoms with Crippen LogP contribution in [0.5, 0.6) is 5.88 Å². The number of carbonyl (C=O) groups is 1. The van der Waals surface area contributed by atoms with Crippen LogP contribution in [0, 0.1) is 17.8 Å². The van der Waals surface area contributed by atoms with E-state index in [9.17, 15) is 9.90 Å². The zero-order chi connectivity index (χ0) is 16.0. The Morgan fingerprint density at radius 2 is 2.26 bits per heavy atom. The van der Waals surface area contributed by atoms with Gasteiger partial charge in [-0.15, -0.1) is 0 Å². The lowest BCUT2D eigenvalue weighted by atomic mass is 9.85. The van der Waals surface area contributed by atoms with Gasteiger partial charge >= 0.3 is 5.97 Å². The minimum Gasteiger partial charge on any atom is -0.493 e. The van der Waals surface area contributed by atoms with E-state index in [1.807, 2.05) is 0 Å². The van der Waals surface area contributed by atoms with Crippen molar-refractivity contribution in [2.75, 3.05) is 6.61 Å². The predicted octanol–water partition coefficient (Wildman–Crippen LogP) is 2.59. The van der Waals surface area contributed by atoms with Gasteiger partial charge in [0.25, 0.3) is 0 Å². The SMILES string of the molecule is CCOC(=O)c1cc2nc(CC3CC4CCC3C4)cc(O)n2n1. The summed E-state index contributed by atoms with van der Waals surface area (Å²) < 4.78 is 6.23. The molecule has 0 spiro atoms. The normalized spacial score (nSPS) is 26.0. The maximum atomic E-state index is 11.8. The molecule has 0 radical (unpaired) electrons. The van der Waals surface area contributed by atoms with Crippen LogP contribution in [0.1, 0.15) is 48.8 Å². The zero-order valence-electron chi connectivity index (χ0n) is 13.2. The van der Waals surface area contributed by atoms with Crippen molar-refractivity contribution < 1.29 is 14.6 Å². The van der Waals surface area contributed by atoms with Gasteiger partial charge in [-0.3, -0.25) is 0 Å². The van der Waals surface area contributed by atoms with Crippen LogP contribution in [0.3, 0.4) is 0 Å². The van der Waals surface area contributed by atoms with Gasteiger partial charge in [-0.05, 0) is 50.4 Å². The van der Waals surface area contributed by atoms with Gasteiger partial charge in [0, 0.05) is 17.8 Å². The van der Waals surface area contributed by atoms with E-state index in [1.165, 1.54) is 30.2 Å². The van der Waals surface area contributed by atoms with Crippen LogP contribution in [-0.4, -0.2) is 32.3 Å². The molecule has 2 aromatic heterocycles. The van der Waals surface area contributed by atoms with Crippen molar-refractivity contribution in [2.24, 2.45) is 17.8 Å². The Morgan fingerprint density at radius 1 is 1.39 bits per heavy atom. The molecule has 23 heavy (non-hydrogen) atoms. The van der Waals surface area contributed by atoms with Crippen molar-refractivity contribution in [3.8, 4) is 5.88 Å². The van der Waals surface area contributed by atoms with Gasteiger partial charge in [-0.25, -0.2) is 9.78 Å². The fourth-order valence-electron chi connectivity index (χ4n) is 4.31. The molecule has 3 unspecified atom stereocenters. The Morgan fingerprint density at radius 3 is 2.96 bits per heavy atom. The molecule has 2 aromatic rings. The molecule has 3 atom stereocenters. The van der Waals surface area contributed by atoms with Gasteiger partial charge in [0.1, 0.15) is 0 Å². The second-order valence-corrected chi connectivity index (χ2v) is 6.76. The molecular formula is C17H21N3O3. The highest BCUT2D eigenvalue weighted by Crippen LogP contribution is 2.49. The number of ether oxygens (including phenoxy) is 1. The number of aromatic hydroxyl groups is 1. The molecule has 1 N–H and O–H groups in total. The van der Waals surface area contributed by atoms with Gasteiger partial charge in [0.2, 0.25) is 5.88 Å². The van der Waals surface area contributed by atoms with Crippen LogP contribution in [0.4, 0.5) is 0 Å². The first-order valence-corrected chi connectivity index (χ1v) is 8.39. The Bertz CT molecular complexity index is 755. The topological polar surface area (TPSA) is 76.7 Å². The third-order valence-electron chi connectivity index (χ3n) is 5.30. The molecule has 4 rings (SSSR count). The average Bonchev–Trinajstić information content (AvgIpc) is 3.21. The number of rotatable bonds is 4. The molecule has 0 saturated heterocycles. The molecule has 2 bridgehead atoms. The van der Waals surface area contributed by atoms with E-state index in [-0.39, 0.29) is 11.6 Å². The molecule has 6 heteroatoms. The van der Waals surface area contributed by atoms with Gasteiger partial charge in [0.05, 0.1) is 6.61 Å². The average molecular weight is 315 g/mol. The monoisotopic (exact) mass is 315 g/mol. The summed E-state index contributed by atoms with van der Waals surface area (Å²) in [5.74, 6) is 1.92. The number of aromatic nitrogens is 3. The third-order valence-corrected chi connectivity index (χ3v) is 5.30. The summed E-state index contributed by atoms with van der Waals surface area (Å²) in [6.07, 6.45) is 6.25. The Hall–Kier alpha value is -2.11. The number of esters is 1. The lowest BCUT2D eigenvalue weighted by Crippen LogP contribution is -2.14. The molecular weight excluding hydrogens is 294 g/mol. The predicted molar refractivity (Wildman–Crippen MR) is 83.3 cm³/mol. The van der Waals surface area contributed by atoms with Crippen LogP contribution >= 0.6 is 0 Å². The van der Waals surface area contributed by atoms with Crippen LogP contribution in [0.25, 0.3) is 5.65 Å². The van der Waals surface area contributed by atoms with Crippen molar-refractivity contribution in [3.63, 3.8) is 0 Å². The number of fused-ring (bicyclic) bond motifs is 3. The fraction of sp³-hybridized carbons (Fsp3) is 0.588.